The molecule has 0 atom stereocenters. The second-order valence-electron chi connectivity index (χ2n) is 5.92. The molecule has 0 unspecified atom stereocenters. The van der Waals surface area contributed by atoms with Crippen LogP contribution in [0.15, 0.2) is 41.3 Å². The van der Waals surface area contributed by atoms with Crippen LogP contribution < -0.4 is 14.8 Å². The summed E-state index contributed by atoms with van der Waals surface area (Å²) in [6.45, 7) is 4.21. The van der Waals surface area contributed by atoms with E-state index in [1.54, 1.807) is 44.2 Å². The number of rotatable bonds is 8. The Bertz CT molecular complexity index is 926. The molecule has 0 bridgehead atoms. The minimum atomic E-state index is -3.88. The van der Waals surface area contributed by atoms with E-state index in [4.69, 9.17) is 9.47 Å². The number of para-hydroxylation sites is 1. The summed E-state index contributed by atoms with van der Waals surface area (Å²) < 4.78 is 38.5. The molecule has 2 aromatic rings. The summed E-state index contributed by atoms with van der Waals surface area (Å²) in [4.78, 5) is 12.5. The van der Waals surface area contributed by atoms with Gasteiger partial charge in [0.05, 0.1) is 29.9 Å². The summed E-state index contributed by atoms with van der Waals surface area (Å²) in [5.41, 5.74) is 1.77. The molecule has 0 aliphatic heterocycles. The van der Waals surface area contributed by atoms with Gasteiger partial charge in [0.1, 0.15) is 5.75 Å². The van der Waals surface area contributed by atoms with Crippen molar-refractivity contribution in [2.45, 2.75) is 18.7 Å². The van der Waals surface area contributed by atoms with Gasteiger partial charge < -0.3 is 14.8 Å². The van der Waals surface area contributed by atoms with Gasteiger partial charge in [-0.2, -0.15) is 0 Å². The smallest absolute Gasteiger partial charge is 0.262 e. The summed E-state index contributed by atoms with van der Waals surface area (Å²) in [5.74, 6) is 0.234. The van der Waals surface area contributed by atoms with Crippen LogP contribution in [0.1, 0.15) is 21.5 Å². The number of methoxy groups -OCH3 is 2. The molecule has 8 heteroatoms. The Balaban J connectivity index is 2.34. The van der Waals surface area contributed by atoms with Gasteiger partial charge in [0.25, 0.3) is 15.9 Å². The minimum Gasteiger partial charge on any atom is -0.496 e. The predicted molar refractivity (Wildman–Crippen MR) is 104 cm³/mol. The van der Waals surface area contributed by atoms with Crippen molar-refractivity contribution in [2.24, 2.45) is 0 Å². The molecule has 0 spiro atoms. The fourth-order valence-electron chi connectivity index (χ4n) is 2.61. The fourth-order valence-corrected chi connectivity index (χ4v) is 4.00. The van der Waals surface area contributed by atoms with Gasteiger partial charge >= 0.3 is 0 Å². The van der Waals surface area contributed by atoms with Gasteiger partial charge in [-0.05, 0) is 49.2 Å². The third-order valence-electron chi connectivity index (χ3n) is 4.20. The summed E-state index contributed by atoms with van der Waals surface area (Å²) in [6.07, 6.45) is 0. The van der Waals surface area contributed by atoms with Crippen LogP contribution in [0.4, 0.5) is 5.69 Å². The average Bonchev–Trinajstić information content (AvgIpc) is 2.64. The molecule has 0 saturated carbocycles. The van der Waals surface area contributed by atoms with E-state index in [0.29, 0.717) is 24.5 Å². The molecule has 0 aliphatic rings. The highest BCUT2D eigenvalue weighted by Crippen LogP contribution is 2.28. The van der Waals surface area contributed by atoms with E-state index >= 15 is 0 Å². The predicted octanol–water partition coefficient (Wildman–Crippen LogP) is 2.49. The van der Waals surface area contributed by atoms with Crippen molar-refractivity contribution < 1.29 is 22.7 Å². The number of sulfonamides is 1. The van der Waals surface area contributed by atoms with Crippen molar-refractivity contribution in [3.05, 3.63) is 53.1 Å². The van der Waals surface area contributed by atoms with Crippen LogP contribution in [0, 0.1) is 13.8 Å². The van der Waals surface area contributed by atoms with Gasteiger partial charge in [-0.25, -0.2) is 8.42 Å². The Morgan fingerprint density at radius 3 is 2.41 bits per heavy atom. The van der Waals surface area contributed by atoms with Crippen molar-refractivity contribution in [1.29, 1.82) is 0 Å². The number of hydrogen-bond donors (Lipinski definition) is 2. The fraction of sp³-hybridized carbons (Fsp3) is 0.316. The zero-order chi connectivity index (χ0) is 20.0. The topological polar surface area (TPSA) is 93.7 Å². The maximum Gasteiger partial charge on any atom is 0.262 e. The Morgan fingerprint density at radius 1 is 1.04 bits per heavy atom. The SMILES string of the molecule is COCCNC(=O)c1ccccc1NS(=O)(=O)c1ccc(OC)c(C)c1C. The van der Waals surface area contributed by atoms with Crippen LogP contribution in [0.3, 0.4) is 0 Å². The number of carbonyl (C=O) groups excluding carboxylic acids is 1. The molecule has 2 rings (SSSR count). The number of anilines is 1. The highest BCUT2D eigenvalue weighted by molar-refractivity contribution is 7.92. The summed E-state index contributed by atoms with van der Waals surface area (Å²) >= 11 is 0. The first-order valence-corrected chi connectivity index (χ1v) is 9.83. The first-order chi connectivity index (χ1) is 12.8. The van der Waals surface area contributed by atoms with Crippen molar-refractivity contribution in [1.82, 2.24) is 5.32 Å². The second kappa shape index (κ2) is 8.88. The van der Waals surface area contributed by atoms with Crippen molar-refractivity contribution in [3.63, 3.8) is 0 Å². The zero-order valence-corrected chi connectivity index (χ0v) is 16.6. The average molecular weight is 392 g/mol. The number of hydrogen-bond acceptors (Lipinski definition) is 5. The minimum absolute atomic E-state index is 0.135. The molecule has 2 aromatic carbocycles. The lowest BCUT2D eigenvalue weighted by Crippen LogP contribution is -2.28. The zero-order valence-electron chi connectivity index (χ0n) is 15.8. The van der Waals surface area contributed by atoms with Crippen molar-refractivity contribution in [2.75, 3.05) is 32.1 Å². The molecular formula is C19H24N2O5S. The molecule has 27 heavy (non-hydrogen) atoms. The van der Waals surface area contributed by atoms with Crippen LogP contribution in [-0.4, -0.2) is 41.7 Å². The molecule has 0 saturated heterocycles. The largest absolute Gasteiger partial charge is 0.496 e. The first kappa shape index (κ1) is 20.7. The Morgan fingerprint density at radius 2 is 1.74 bits per heavy atom. The standard InChI is InChI=1S/C19H24N2O5S/c1-13-14(2)18(10-9-17(13)26-4)27(23,24)21-16-8-6-5-7-15(16)19(22)20-11-12-25-3/h5-10,21H,11-12H2,1-4H3,(H,20,22). The first-order valence-electron chi connectivity index (χ1n) is 8.35. The van der Waals surface area contributed by atoms with E-state index in [0.717, 1.165) is 5.56 Å². The third-order valence-corrected chi connectivity index (χ3v) is 5.71. The molecule has 0 aromatic heterocycles. The van der Waals surface area contributed by atoms with Gasteiger partial charge in [-0.3, -0.25) is 9.52 Å². The van der Waals surface area contributed by atoms with Crippen LogP contribution in [0.25, 0.3) is 0 Å². The summed E-state index contributed by atoms with van der Waals surface area (Å²) in [5, 5.41) is 2.69. The molecule has 7 nitrogen and oxygen atoms in total. The number of nitrogens with one attached hydrogen (secondary N) is 2. The van der Waals surface area contributed by atoms with Gasteiger partial charge in [-0.15, -0.1) is 0 Å². The molecule has 0 fully saturated rings. The van der Waals surface area contributed by atoms with E-state index < -0.39 is 10.0 Å². The maximum atomic E-state index is 12.9. The lowest BCUT2D eigenvalue weighted by molar-refractivity contribution is 0.0938. The molecule has 1 amide bonds. The lowest BCUT2D eigenvalue weighted by atomic mass is 10.1. The van der Waals surface area contributed by atoms with Gasteiger partial charge in [0.2, 0.25) is 0 Å². The summed E-state index contributed by atoms with van der Waals surface area (Å²) in [6, 6.07) is 9.55. The molecule has 0 radical (unpaired) electrons. The second-order valence-corrected chi connectivity index (χ2v) is 7.57. The molecule has 146 valence electrons. The summed E-state index contributed by atoms with van der Waals surface area (Å²) in [7, 11) is -0.813. The highest BCUT2D eigenvalue weighted by Gasteiger charge is 2.22. The van der Waals surface area contributed by atoms with Crippen molar-refractivity contribution in [3.8, 4) is 5.75 Å². The van der Waals surface area contributed by atoms with E-state index in [1.807, 2.05) is 0 Å². The van der Waals surface area contributed by atoms with Crippen LogP contribution in [-0.2, 0) is 14.8 Å². The molecule has 2 N–H and O–H groups in total. The van der Waals surface area contributed by atoms with Crippen molar-refractivity contribution >= 4 is 21.6 Å². The molecular weight excluding hydrogens is 368 g/mol. The van der Waals surface area contributed by atoms with E-state index in [1.165, 1.54) is 20.3 Å². The van der Waals surface area contributed by atoms with E-state index in [-0.39, 0.29) is 22.1 Å². The number of carbonyl (C=O) groups is 1. The monoisotopic (exact) mass is 392 g/mol. The molecule has 0 aliphatic carbocycles. The van der Waals surface area contributed by atoms with Crippen LogP contribution in [0.5, 0.6) is 5.75 Å². The Labute approximate surface area is 159 Å². The third kappa shape index (κ3) is 4.78. The van der Waals surface area contributed by atoms with Gasteiger partial charge in [-0.1, -0.05) is 12.1 Å². The van der Waals surface area contributed by atoms with Crippen LogP contribution >= 0.6 is 0 Å². The molecule has 0 heterocycles. The number of amides is 1. The Kier molecular flexibility index (Phi) is 6.81. The number of ether oxygens (including phenoxy) is 2. The quantitative estimate of drug-likeness (QED) is 0.673. The van der Waals surface area contributed by atoms with E-state index in [9.17, 15) is 13.2 Å². The van der Waals surface area contributed by atoms with Crippen LogP contribution in [0.2, 0.25) is 0 Å². The Hall–Kier alpha value is -2.58. The van der Waals surface area contributed by atoms with Gasteiger partial charge in [0.15, 0.2) is 0 Å². The van der Waals surface area contributed by atoms with Gasteiger partial charge in [0, 0.05) is 13.7 Å². The normalized spacial score (nSPS) is 11.1. The lowest BCUT2D eigenvalue weighted by Gasteiger charge is -2.16. The maximum absolute atomic E-state index is 12.9. The number of benzene rings is 2. The van der Waals surface area contributed by atoms with E-state index in [2.05, 4.69) is 10.0 Å². The highest BCUT2D eigenvalue weighted by atomic mass is 32.2.